The summed E-state index contributed by atoms with van der Waals surface area (Å²) in [5, 5.41) is 2.97. The fourth-order valence-corrected chi connectivity index (χ4v) is 4.44. The highest BCUT2D eigenvalue weighted by Gasteiger charge is 2.23. The number of rotatable bonds is 5. The van der Waals surface area contributed by atoms with Crippen molar-refractivity contribution in [1.29, 1.82) is 0 Å². The summed E-state index contributed by atoms with van der Waals surface area (Å²) in [5.41, 5.74) is 0.300. The van der Waals surface area contributed by atoms with Crippen LogP contribution in [0.2, 0.25) is 0 Å². The molecule has 2 rings (SSSR count). The van der Waals surface area contributed by atoms with Crippen molar-refractivity contribution in [3.63, 3.8) is 0 Å². The van der Waals surface area contributed by atoms with Crippen molar-refractivity contribution in [3.8, 4) is 0 Å². The quantitative estimate of drug-likeness (QED) is 0.922. The Kier molecular flexibility index (Phi) is 4.42. The van der Waals surface area contributed by atoms with E-state index in [1.165, 1.54) is 36.6 Å². The number of sulfonamides is 1. The average Bonchev–Trinajstić information content (AvgIpc) is 2.87. The minimum absolute atomic E-state index is 0.245. The Morgan fingerprint density at radius 3 is 2.70 bits per heavy atom. The van der Waals surface area contributed by atoms with Gasteiger partial charge >= 0.3 is 0 Å². The van der Waals surface area contributed by atoms with Gasteiger partial charge in [0.15, 0.2) is 0 Å². The fourth-order valence-electron chi connectivity index (χ4n) is 1.71. The molecule has 0 saturated heterocycles. The maximum Gasteiger partial charge on any atom is 0.273 e. The lowest BCUT2D eigenvalue weighted by molar-refractivity contribution is 0.596. The lowest BCUT2D eigenvalue weighted by Crippen LogP contribution is -2.25. The number of thiophene rings is 1. The van der Waals surface area contributed by atoms with Crippen molar-refractivity contribution in [3.05, 3.63) is 47.1 Å². The Balaban J connectivity index is 2.33. The predicted octanol–water partition coefficient (Wildman–Crippen LogP) is 2.43. The molecule has 0 saturated carbocycles. The van der Waals surface area contributed by atoms with Crippen LogP contribution in [-0.2, 0) is 16.6 Å². The molecule has 108 valence electrons. The summed E-state index contributed by atoms with van der Waals surface area (Å²) in [5.74, 6) is -0.466. The van der Waals surface area contributed by atoms with E-state index in [0.717, 1.165) is 9.18 Å². The van der Waals surface area contributed by atoms with Crippen LogP contribution in [0.5, 0.6) is 0 Å². The number of hydrogen-bond donors (Lipinski definition) is 1. The Bertz CT molecular complexity index is 698. The second kappa shape index (κ2) is 5.90. The highest BCUT2D eigenvalue weighted by molar-refractivity contribution is 7.94. The monoisotopic (exact) mass is 314 g/mol. The summed E-state index contributed by atoms with van der Waals surface area (Å²) in [4.78, 5) is 0.929. The van der Waals surface area contributed by atoms with E-state index < -0.39 is 15.8 Å². The molecule has 4 nitrogen and oxygen atoms in total. The van der Waals surface area contributed by atoms with E-state index in [1.807, 2.05) is 0 Å². The molecule has 0 fully saturated rings. The minimum atomic E-state index is -3.65. The van der Waals surface area contributed by atoms with Crippen LogP contribution in [0.4, 0.5) is 10.1 Å². The van der Waals surface area contributed by atoms with Gasteiger partial charge in [0.05, 0.1) is 5.69 Å². The third kappa shape index (κ3) is 3.00. The summed E-state index contributed by atoms with van der Waals surface area (Å²) in [7, 11) is -0.432. The molecule has 7 heteroatoms. The van der Waals surface area contributed by atoms with Gasteiger partial charge in [0.1, 0.15) is 10.0 Å². The van der Waals surface area contributed by atoms with Crippen LogP contribution in [0, 0.1) is 5.82 Å². The van der Waals surface area contributed by atoms with E-state index >= 15 is 0 Å². The fraction of sp³-hybridized carbons (Fsp3) is 0.231. The molecule has 0 radical (unpaired) electrons. The molecular weight excluding hydrogens is 299 g/mol. The zero-order chi connectivity index (χ0) is 14.8. The van der Waals surface area contributed by atoms with E-state index in [4.69, 9.17) is 0 Å². The van der Waals surface area contributed by atoms with Crippen LogP contribution in [0.25, 0.3) is 0 Å². The van der Waals surface area contributed by atoms with Gasteiger partial charge in [-0.05, 0) is 37.4 Å². The molecule has 0 amide bonds. The second-order valence-corrected chi connectivity index (χ2v) is 7.57. The molecule has 0 unspecified atom stereocenters. The molecule has 1 N–H and O–H groups in total. The summed E-state index contributed by atoms with van der Waals surface area (Å²) in [6, 6.07) is 8.86. The number of halogens is 1. The maximum atomic E-state index is 13.2. The van der Waals surface area contributed by atoms with Crippen molar-refractivity contribution in [1.82, 2.24) is 5.32 Å². The number of benzene rings is 1. The summed E-state index contributed by atoms with van der Waals surface area (Å²) in [6.07, 6.45) is 0. The van der Waals surface area contributed by atoms with Gasteiger partial charge in [-0.3, -0.25) is 4.31 Å². The number of hydrogen-bond acceptors (Lipinski definition) is 4. The number of nitrogens with one attached hydrogen (secondary N) is 1. The first kappa shape index (κ1) is 15.0. The molecule has 0 spiro atoms. The first-order valence-electron chi connectivity index (χ1n) is 5.93. The van der Waals surface area contributed by atoms with Gasteiger partial charge in [0, 0.05) is 18.5 Å². The van der Waals surface area contributed by atoms with Crippen molar-refractivity contribution >= 4 is 27.0 Å². The Morgan fingerprint density at radius 1 is 1.30 bits per heavy atom. The van der Waals surface area contributed by atoms with E-state index in [2.05, 4.69) is 5.32 Å². The number of anilines is 1. The molecule has 0 atom stereocenters. The van der Waals surface area contributed by atoms with Crippen LogP contribution >= 0.6 is 11.3 Å². The van der Waals surface area contributed by atoms with Gasteiger partial charge in [-0.1, -0.05) is 6.07 Å². The van der Waals surface area contributed by atoms with Crippen LogP contribution in [0.3, 0.4) is 0 Å². The van der Waals surface area contributed by atoms with Crippen LogP contribution in [0.1, 0.15) is 4.88 Å². The van der Waals surface area contributed by atoms with E-state index in [0.29, 0.717) is 12.2 Å². The molecule has 0 aliphatic heterocycles. The second-order valence-electron chi connectivity index (χ2n) is 4.20. The molecule has 0 bridgehead atoms. The Morgan fingerprint density at radius 2 is 2.05 bits per heavy atom. The molecular formula is C13H15FN2O2S2. The maximum absolute atomic E-state index is 13.2. The lowest BCUT2D eigenvalue weighted by Gasteiger charge is -2.18. The Hall–Kier alpha value is -1.44. The average molecular weight is 314 g/mol. The highest BCUT2D eigenvalue weighted by Crippen LogP contribution is 2.27. The van der Waals surface area contributed by atoms with Gasteiger partial charge in [0.25, 0.3) is 10.0 Å². The van der Waals surface area contributed by atoms with Gasteiger partial charge < -0.3 is 5.32 Å². The molecule has 1 aromatic carbocycles. The van der Waals surface area contributed by atoms with Gasteiger partial charge in [0.2, 0.25) is 0 Å². The zero-order valence-electron chi connectivity index (χ0n) is 11.1. The van der Waals surface area contributed by atoms with Crippen molar-refractivity contribution in [2.75, 3.05) is 18.4 Å². The molecule has 0 aliphatic carbocycles. The first-order valence-corrected chi connectivity index (χ1v) is 8.18. The predicted molar refractivity (Wildman–Crippen MR) is 79.1 cm³/mol. The van der Waals surface area contributed by atoms with Crippen molar-refractivity contribution in [2.24, 2.45) is 0 Å². The molecule has 20 heavy (non-hydrogen) atoms. The van der Waals surface area contributed by atoms with E-state index in [-0.39, 0.29) is 4.21 Å². The molecule has 1 aromatic heterocycles. The normalized spacial score (nSPS) is 11.6. The minimum Gasteiger partial charge on any atom is -0.315 e. The standard InChI is InChI=1S/C13H15FN2O2S2/c1-15-9-12-6-7-13(19-12)20(17,18)16(2)11-5-3-4-10(14)8-11/h3-8,15H,9H2,1-2H3. The number of nitrogens with zero attached hydrogens (tertiary/aromatic N) is 1. The van der Waals surface area contributed by atoms with Crippen molar-refractivity contribution < 1.29 is 12.8 Å². The SMILES string of the molecule is CNCc1ccc(S(=O)(=O)N(C)c2cccc(F)c2)s1. The van der Waals surface area contributed by atoms with Crippen LogP contribution in [0.15, 0.2) is 40.6 Å². The lowest BCUT2D eigenvalue weighted by atomic mass is 10.3. The largest absolute Gasteiger partial charge is 0.315 e. The molecule has 0 aliphatic rings. The van der Waals surface area contributed by atoms with Gasteiger partial charge in [-0.25, -0.2) is 12.8 Å². The highest BCUT2D eigenvalue weighted by atomic mass is 32.2. The van der Waals surface area contributed by atoms with Crippen LogP contribution in [-0.4, -0.2) is 22.5 Å². The van der Waals surface area contributed by atoms with Gasteiger partial charge in [-0.2, -0.15) is 0 Å². The first-order chi connectivity index (χ1) is 9.45. The molecule has 1 heterocycles. The zero-order valence-corrected chi connectivity index (χ0v) is 12.8. The summed E-state index contributed by atoms with van der Waals surface area (Å²) >= 11 is 1.21. The summed E-state index contributed by atoms with van der Waals surface area (Å²) < 4.78 is 39.4. The van der Waals surface area contributed by atoms with Crippen molar-refractivity contribution in [2.45, 2.75) is 10.8 Å². The third-order valence-electron chi connectivity index (χ3n) is 2.77. The van der Waals surface area contributed by atoms with Gasteiger partial charge in [-0.15, -0.1) is 11.3 Å². The summed E-state index contributed by atoms with van der Waals surface area (Å²) in [6.45, 7) is 0.615. The Labute approximate surface area is 121 Å². The third-order valence-corrected chi connectivity index (χ3v) is 6.11. The molecule has 2 aromatic rings. The topological polar surface area (TPSA) is 49.4 Å². The van der Waals surface area contributed by atoms with Crippen LogP contribution < -0.4 is 9.62 Å². The van der Waals surface area contributed by atoms with E-state index in [9.17, 15) is 12.8 Å². The smallest absolute Gasteiger partial charge is 0.273 e. The van der Waals surface area contributed by atoms with E-state index in [1.54, 1.807) is 25.2 Å².